The van der Waals surface area contributed by atoms with Crippen molar-refractivity contribution < 1.29 is 17.9 Å². The van der Waals surface area contributed by atoms with Crippen molar-refractivity contribution in [3.8, 4) is 5.95 Å². The van der Waals surface area contributed by atoms with E-state index >= 15 is 0 Å². The summed E-state index contributed by atoms with van der Waals surface area (Å²) in [5, 5.41) is 3.10. The smallest absolute Gasteiger partial charge is 0.238 e. The standard InChI is InChI=1S/C27H31N7O4S2/c1-2-23-29-19-5-3-4-6-21(19)34(23)27-30-20-13-17(39-26(20)25(31-27)22-14-28-9-12-38-22)15-32-10-11-33(16-24(32)35)40(36,37)18-7-8-18/h3-6,13,18,22,28H,2,7-12,14-16H2,1H3. The lowest BCUT2D eigenvalue weighted by Gasteiger charge is -2.33. The molecule has 13 heteroatoms. The van der Waals surface area contributed by atoms with Crippen LogP contribution in [0.15, 0.2) is 30.3 Å². The van der Waals surface area contributed by atoms with E-state index in [2.05, 4.69) is 12.2 Å². The number of benzene rings is 1. The molecule has 1 amide bonds. The van der Waals surface area contributed by atoms with Crippen molar-refractivity contribution in [1.82, 2.24) is 34.0 Å². The molecule has 4 aromatic rings. The third-order valence-corrected chi connectivity index (χ3v) is 11.2. The minimum atomic E-state index is -3.36. The number of rotatable bonds is 7. The van der Waals surface area contributed by atoms with Gasteiger partial charge in [0.25, 0.3) is 0 Å². The first-order chi connectivity index (χ1) is 19.4. The van der Waals surface area contributed by atoms with Crippen molar-refractivity contribution >= 4 is 48.5 Å². The minimum Gasteiger partial charge on any atom is -0.369 e. The Morgan fingerprint density at radius 2 is 1.98 bits per heavy atom. The minimum absolute atomic E-state index is 0.0893. The average Bonchev–Trinajstić information content (AvgIpc) is 3.66. The van der Waals surface area contributed by atoms with E-state index in [0.29, 0.717) is 51.6 Å². The van der Waals surface area contributed by atoms with Crippen LogP contribution in [0, 0.1) is 0 Å². The molecule has 1 N–H and O–H groups in total. The predicted octanol–water partition coefficient (Wildman–Crippen LogP) is 2.39. The van der Waals surface area contributed by atoms with Crippen molar-refractivity contribution in [2.45, 2.75) is 44.1 Å². The number of ether oxygens (including phenoxy) is 1. The zero-order valence-corrected chi connectivity index (χ0v) is 23.9. The molecule has 2 aliphatic heterocycles. The highest BCUT2D eigenvalue weighted by Gasteiger charge is 2.42. The first-order valence-electron chi connectivity index (χ1n) is 13.8. The van der Waals surface area contributed by atoms with Crippen molar-refractivity contribution in [2.75, 3.05) is 39.3 Å². The van der Waals surface area contributed by atoms with Gasteiger partial charge in [-0.1, -0.05) is 19.1 Å². The Morgan fingerprint density at radius 1 is 1.12 bits per heavy atom. The normalized spacial score (nSPS) is 21.1. The van der Waals surface area contributed by atoms with E-state index in [-0.39, 0.29) is 23.8 Å². The molecule has 210 valence electrons. The van der Waals surface area contributed by atoms with E-state index < -0.39 is 10.0 Å². The van der Waals surface area contributed by atoms with Gasteiger partial charge in [0, 0.05) is 37.5 Å². The predicted molar refractivity (Wildman–Crippen MR) is 152 cm³/mol. The molecule has 11 nitrogen and oxygen atoms in total. The lowest BCUT2D eigenvalue weighted by atomic mass is 10.2. The number of sulfonamides is 1. The number of aryl methyl sites for hydroxylation is 1. The molecule has 0 bridgehead atoms. The number of carbonyl (C=O) groups excluding carboxylic acids is 1. The number of hydrogen-bond donors (Lipinski definition) is 1. The summed E-state index contributed by atoms with van der Waals surface area (Å²) in [6.07, 6.45) is 1.89. The van der Waals surface area contributed by atoms with E-state index in [1.165, 1.54) is 4.31 Å². The Labute approximate surface area is 236 Å². The second-order valence-electron chi connectivity index (χ2n) is 10.5. The first-order valence-corrected chi connectivity index (χ1v) is 16.1. The molecule has 7 rings (SSSR count). The zero-order chi connectivity index (χ0) is 27.4. The van der Waals surface area contributed by atoms with E-state index in [1.807, 2.05) is 34.9 Å². The number of hydrogen-bond acceptors (Lipinski definition) is 9. The molecule has 5 heterocycles. The summed E-state index contributed by atoms with van der Waals surface area (Å²) in [7, 11) is -3.36. The van der Waals surface area contributed by atoms with Crippen LogP contribution >= 0.6 is 11.3 Å². The lowest BCUT2D eigenvalue weighted by Crippen LogP contribution is -2.52. The van der Waals surface area contributed by atoms with Crippen molar-refractivity contribution in [3.63, 3.8) is 0 Å². The Bertz CT molecular complexity index is 1710. The fourth-order valence-corrected chi connectivity index (χ4v) is 8.42. The Kier molecular flexibility index (Phi) is 6.58. The molecule has 1 atom stereocenters. The van der Waals surface area contributed by atoms with Gasteiger partial charge in [-0.3, -0.25) is 9.36 Å². The van der Waals surface area contributed by atoms with Gasteiger partial charge in [0.1, 0.15) is 11.9 Å². The molecule has 40 heavy (non-hydrogen) atoms. The molecule has 3 aromatic heterocycles. The van der Waals surface area contributed by atoms with Crippen LogP contribution < -0.4 is 5.32 Å². The molecule has 1 unspecified atom stereocenters. The van der Waals surface area contributed by atoms with Crippen LogP contribution in [0.5, 0.6) is 0 Å². The molecule has 1 aliphatic carbocycles. The number of nitrogens with one attached hydrogen (secondary N) is 1. The average molecular weight is 582 g/mol. The molecule has 3 aliphatic rings. The second kappa shape index (κ2) is 10.1. The summed E-state index contributed by atoms with van der Waals surface area (Å²) >= 11 is 1.57. The molecule has 0 radical (unpaired) electrons. The van der Waals surface area contributed by atoms with Crippen molar-refractivity contribution in [1.29, 1.82) is 0 Å². The summed E-state index contributed by atoms with van der Waals surface area (Å²) in [5.74, 6) is 1.27. The molecular weight excluding hydrogens is 550 g/mol. The third-order valence-electron chi connectivity index (χ3n) is 7.75. The first kappa shape index (κ1) is 26.0. The van der Waals surface area contributed by atoms with Gasteiger partial charge in [-0.15, -0.1) is 11.3 Å². The van der Waals surface area contributed by atoms with Crippen LogP contribution in [0.3, 0.4) is 0 Å². The van der Waals surface area contributed by atoms with Gasteiger partial charge in [-0.2, -0.15) is 4.31 Å². The van der Waals surface area contributed by atoms with Crippen molar-refractivity contribution in [3.05, 3.63) is 46.7 Å². The summed E-state index contributed by atoms with van der Waals surface area (Å²) in [6, 6.07) is 10.0. The molecule has 1 aromatic carbocycles. The van der Waals surface area contributed by atoms with Gasteiger partial charge in [-0.05, 0) is 31.0 Å². The maximum atomic E-state index is 13.0. The molecule has 0 spiro atoms. The highest BCUT2D eigenvalue weighted by Crippen LogP contribution is 2.35. The van der Waals surface area contributed by atoms with E-state index in [4.69, 9.17) is 19.7 Å². The van der Waals surface area contributed by atoms with Gasteiger partial charge < -0.3 is 15.0 Å². The van der Waals surface area contributed by atoms with Gasteiger partial charge >= 0.3 is 0 Å². The molecular formula is C27H31N7O4S2. The summed E-state index contributed by atoms with van der Waals surface area (Å²) in [6.45, 7) is 5.14. The highest BCUT2D eigenvalue weighted by molar-refractivity contribution is 7.90. The van der Waals surface area contributed by atoms with Gasteiger partial charge in [-0.25, -0.2) is 23.4 Å². The number of nitrogens with zero attached hydrogens (tertiary/aromatic N) is 6. The van der Waals surface area contributed by atoms with Crippen LogP contribution in [-0.4, -0.2) is 87.6 Å². The maximum absolute atomic E-state index is 13.0. The Hall–Kier alpha value is -2.97. The maximum Gasteiger partial charge on any atom is 0.238 e. The van der Waals surface area contributed by atoms with Crippen molar-refractivity contribution in [2.24, 2.45) is 0 Å². The zero-order valence-electron chi connectivity index (χ0n) is 22.2. The number of amides is 1. The number of fused-ring (bicyclic) bond motifs is 2. The molecule has 1 saturated carbocycles. The number of thiophene rings is 1. The number of carbonyl (C=O) groups is 1. The summed E-state index contributed by atoms with van der Waals surface area (Å²) < 4.78 is 35.7. The lowest BCUT2D eigenvalue weighted by molar-refractivity contribution is -0.134. The SMILES string of the molecule is CCc1nc2ccccc2n1-c1nc(C2CNCCO2)c2sc(CN3CCN(S(=O)(=O)C4CC4)CC3=O)cc2n1. The largest absolute Gasteiger partial charge is 0.369 e. The van der Waals surface area contributed by atoms with Crippen LogP contribution in [0.1, 0.15) is 42.3 Å². The topological polar surface area (TPSA) is 123 Å². The van der Waals surface area contributed by atoms with Gasteiger partial charge in [0.05, 0.1) is 51.9 Å². The van der Waals surface area contributed by atoms with Crippen LogP contribution in [-0.2, 0) is 32.5 Å². The number of morpholine rings is 1. The van der Waals surface area contributed by atoms with Crippen LogP contribution in [0.4, 0.5) is 0 Å². The van der Waals surface area contributed by atoms with Gasteiger partial charge in [0.15, 0.2) is 0 Å². The monoisotopic (exact) mass is 581 g/mol. The number of para-hydroxylation sites is 2. The number of aromatic nitrogens is 4. The fourth-order valence-electron chi connectivity index (χ4n) is 5.50. The van der Waals surface area contributed by atoms with E-state index in [0.717, 1.165) is 50.6 Å². The Balaban J connectivity index is 1.24. The quantitative estimate of drug-likeness (QED) is 0.353. The van der Waals surface area contributed by atoms with E-state index in [9.17, 15) is 13.2 Å². The van der Waals surface area contributed by atoms with Gasteiger partial charge in [0.2, 0.25) is 21.9 Å². The number of piperazine rings is 1. The molecule has 3 fully saturated rings. The number of imidazole rings is 1. The summed E-state index contributed by atoms with van der Waals surface area (Å²) in [5.41, 5.74) is 3.48. The highest BCUT2D eigenvalue weighted by atomic mass is 32.2. The third kappa shape index (κ3) is 4.59. The summed E-state index contributed by atoms with van der Waals surface area (Å²) in [4.78, 5) is 30.6. The van der Waals surface area contributed by atoms with Crippen LogP contribution in [0.2, 0.25) is 0 Å². The fraction of sp³-hybridized carbons (Fsp3) is 0.481. The Morgan fingerprint density at radius 3 is 2.73 bits per heavy atom. The molecule has 2 saturated heterocycles. The van der Waals surface area contributed by atoms with E-state index in [1.54, 1.807) is 16.2 Å². The van der Waals surface area contributed by atoms with Crippen LogP contribution in [0.25, 0.3) is 27.2 Å². The second-order valence-corrected chi connectivity index (χ2v) is 13.8.